The van der Waals surface area contributed by atoms with Crippen molar-refractivity contribution < 1.29 is 36.8 Å². The van der Waals surface area contributed by atoms with Gasteiger partial charge in [-0.15, -0.1) is 0 Å². The molecule has 32 valence electrons. The van der Waals surface area contributed by atoms with E-state index in [1.165, 1.54) is 0 Å². The molecular weight excluding hydrogens is 215 g/mol. The third-order valence-electron chi connectivity index (χ3n) is 0. The van der Waals surface area contributed by atoms with Crippen molar-refractivity contribution in [3.63, 3.8) is 0 Å². The van der Waals surface area contributed by atoms with Crippen molar-refractivity contribution in [2.75, 3.05) is 0 Å². The van der Waals surface area contributed by atoms with E-state index in [-0.39, 0.29) is 63.9 Å². The number of halogens is 3. The quantitative estimate of drug-likeness (QED) is 0.500. The van der Waals surface area contributed by atoms with Gasteiger partial charge in [-0.1, -0.05) is 0 Å². The van der Waals surface area contributed by atoms with Gasteiger partial charge in [0.2, 0.25) is 0 Å². The molecule has 6 heteroatoms. The predicted octanol–water partition coefficient (Wildman–Crippen LogP) is -0.0389. The fourth-order valence-corrected chi connectivity index (χ4v) is 0. The molecule has 0 radical (unpaired) electrons. The van der Waals surface area contributed by atoms with E-state index in [0.29, 0.717) is 0 Å². The maximum Gasteiger partial charge on any atom is 1.04 e. The summed E-state index contributed by atoms with van der Waals surface area (Å²) in [6, 6.07) is 0. The zero-order valence-electron chi connectivity index (χ0n) is 2.21. The van der Waals surface area contributed by atoms with E-state index >= 15 is 0 Å². The number of rotatable bonds is 0. The molecule has 0 aromatic heterocycles. The molecule has 0 aromatic rings. The first kappa shape index (κ1) is 15.8. The average molecular weight is 217 g/mol. The van der Waals surface area contributed by atoms with Crippen LogP contribution in [0.4, 0.5) is 10.6 Å². The van der Waals surface area contributed by atoms with Gasteiger partial charge in [0.1, 0.15) is 0 Å². The average Bonchev–Trinajstić information content (AvgIpc) is 0.811. The van der Waals surface area contributed by atoms with Gasteiger partial charge < -0.3 is 10.6 Å². The Labute approximate surface area is 88.4 Å². The van der Waals surface area contributed by atoms with Crippen LogP contribution in [0.2, 0.25) is 0 Å². The molecule has 0 heterocycles. The van der Waals surface area contributed by atoms with Gasteiger partial charge in [-0.2, -0.15) is 0 Å². The predicted molar refractivity (Wildman–Crippen MR) is 17.6 cm³/mol. The van der Waals surface area contributed by atoms with Crippen LogP contribution < -0.4 is 0 Å². The molecule has 0 aliphatic rings. The Balaban J connectivity index is -0.0000000450. The maximum atomic E-state index is 9.81. The minimum absolute atomic E-state index is 0. The van der Waals surface area contributed by atoms with Crippen LogP contribution in [0.1, 0.15) is 0 Å². The van der Waals surface area contributed by atoms with Crippen LogP contribution in [-0.4, -0.2) is 53.3 Å². The van der Waals surface area contributed by atoms with Gasteiger partial charge in [-0.25, -0.2) is 0 Å². The van der Waals surface area contributed by atoms with Crippen molar-refractivity contribution >= 4 is 53.3 Å². The molecular formula is H2AlCaF3Zr. The third-order valence-corrected chi connectivity index (χ3v) is 0. The van der Waals surface area contributed by atoms with Gasteiger partial charge >= 0.3 is 53.3 Å². The zero-order chi connectivity index (χ0) is 3.58. The number of hydrogen-bond donors (Lipinski definition) is 0. The molecule has 0 amide bonds. The van der Waals surface area contributed by atoms with Gasteiger partial charge in [-0.05, 0) is 0 Å². The standard InChI is InChI=1S/Al.Ca.3FH.Zr.2H/h;;3*1H;;;/q+3;;;;;;;/p-3. The van der Waals surface area contributed by atoms with E-state index in [9.17, 15) is 10.6 Å². The first-order valence-electron chi connectivity index (χ1n) is 0.655. The number of hydrogen-bond acceptors (Lipinski definition) is 0. The van der Waals surface area contributed by atoms with E-state index < -0.39 is 15.5 Å². The molecule has 0 fully saturated rings. The maximum absolute atomic E-state index is 9.81. The minimum Gasteiger partial charge on any atom is -0.346 e. The van der Waals surface area contributed by atoms with Crippen molar-refractivity contribution in [3.8, 4) is 0 Å². The molecule has 0 unspecified atom stereocenters. The Morgan fingerprint density at radius 3 is 1.00 bits per heavy atom. The normalized spacial score (nSPS) is 4.50. The van der Waals surface area contributed by atoms with Crippen LogP contribution in [0, 0.1) is 0 Å². The summed E-state index contributed by atoms with van der Waals surface area (Å²) in [7, 11) is 0. The van der Waals surface area contributed by atoms with Crippen molar-refractivity contribution in [2.24, 2.45) is 0 Å². The SMILES string of the molecule is [CaH2].[F][Al]([F])[F].[Zr]. The Morgan fingerprint density at radius 1 is 1.00 bits per heavy atom. The largest absolute Gasteiger partial charge is 1.04 e. The summed E-state index contributed by atoms with van der Waals surface area (Å²) in [6.07, 6.45) is 0. The Bertz CT molecular complexity index is 15.5. The molecule has 0 atom stereocenters. The molecule has 0 saturated heterocycles. The Kier molecular flexibility index (Phi) is 27.5. The monoisotopic (exact) mass is 216 g/mol. The van der Waals surface area contributed by atoms with Gasteiger partial charge in [0.15, 0.2) is 0 Å². The summed E-state index contributed by atoms with van der Waals surface area (Å²) in [6.45, 7) is 0. The molecule has 0 aromatic carbocycles. The van der Waals surface area contributed by atoms with Crippen molar-refractivity contribution in [1.82, 2.24) is 0 Å². The summed E-state index contributed by atoms with van der Waals surface area (Å²) in [4.78, 5) is 0. The van der Waals surface area contributed by atoms with Crippen LogP contribution in [0.3, 0.4) is 0 Å². The zero-order valence-corrected chi connectivity index (χ0v) is 5.82. The fourth-order valence-electron chi connectivity index (χ4n) is 0. The van der Waals surface area contributed by atoms with E-state index in [1.807, 2.05) is 0 Å². The second-order valence-corrected chi connectivity index (χ2v) is 0.742. The third kappa shape index (κ3) is 31.8. The van der Waals surface area contributed by atoms with E-state index in [0.717, 1.165) is 0 Å². The Hall–Kier alpha value is 2.47. The molecule has 0 saturated carbocycles. The summed E-state index contributed by atoms with van der Waals surface area (Å²) in [5, 5.41) is 0. The van der Waals surface area contributed by atoms with E-state index in [4.69, 9.17) is 0 Å². The van der Waals surface area contributed by atoms with Crippen molar-refractivity contribution in [2.45, 2.75) is 0 Å². The van der Waals surface area contributed by atoms with Gasteiger partial charge in [0, 0.05) is 26.2 Å². The summed E-state index contributed by atoms with van der Waals surface area (Å²) >= 11 is -4.64. The first-order valence-corrected chi connectivity index (χ1v) is 1.96. The second kappa shape index (κ2) is 10.4. The fraction of sp³-hybridized carbons (Fsp3) is 0. The molecule has 0 aliphatic carbocycles. The Morgan fingerprint density at radius 2 is 1.00 bits per heavy atom. The van der Waals surface area contributed by atoms with Crippen LogP contribution in [0.25, 0.3) is 0 Å². The van der Waals surface area contributed by atoms with Crippen LogP contribution >= 0.6 is 0 Å². The topological polar surface area (TPSA) is 0 Å². The molecule has 0 bridgehead atoms. The first-order chi connectivity index (χ1) is 1.73. The van der Waals surface area contributed by atoms with Gasteiger partial charge in [0.25, 0.3) is 0 Å². The van der Waals surface area contributed by atoms with Crippen LogP contribution in [-0.2, 0) is 26.2 Å². The smallest absolute Gasteiger partial charge is 0.346 e. The second-order valence-electron chi connectivity index (χ2n) is 0.247. The van der Waals surface area contributed by atoms with E-state index in [1.54, 1.807) is 0 Å². The molecule has 0 spiro atoms. The molecule has 0 nitrogen and oxygen atoms in total. The van der Waals surface area contributed by atoms with Gasteiger partial charge in [-0.3, -0.25) is 0 Å². The summed E-state index contributed by atoms with van der Waals surface area (Å²) in [5.41, 5.74) is 0. The van der Waals surface area contributed by atoms with E-state index in [2.05, 4.69) is 0 Å². The van der Waals surface area contributed by atoms with Crippen LogP contribution in [0.15, 0.2) is 0 Å². The summed E-state index contributed by atoms with van der Waals surface area (Å²) < 4.78 is 29.4. The van der Waals surface area contributed by atoms with Crippen molar-refractivity contribution in [3.05, 3.63) is 0 Å². The molecule has 0 aliphatic heterocycles. The molecule has 6 heavy (non-hydrogen) atoms. The molecule has 0 N–H and O–H groups in total. The van der Waals surface area contributed by atoms with Gasteiger partial charge in [0.05, 0.1) is 0 Å². The minimum atomic E-state index is -4.64. The van der Waals surface area contributed by atoms with Crippen LogP contribution in [0.5, 0.6) is 0 Å². The molecule has 0 rings (SSSR count). The summed E-state index contributed by atoms with van der Waals surface area (Å²) in [5.74, 6) is 0. The van der Waals surface area contributed by atoms with Crippen molar-refractivity contribution in [1.29, 1.82) is 0 Å².